The summed E-state index contributed by atoms with van der Waals surface area (Å²) < 4.78 is 13.0. The molecule has 0 amide bonds. The highest BCUT2D eigenvalue weighted by molar-refractivity contribution is 5.69. The van der Waals surface area contributed by atoms with Gasteiger partial charge in [-0.1, -0.05) is 140 Å². The number of ether oxygens (including phenoxy) is 2. The molecule has 5 heteroatoms. The summed E-state index contributed by atoms with van der Waals surface area (Å²) in [5.74, 6) is -1.29. The third-order valence-electron chi connectivity index (χ3n) is 9.35. The van der Waals surface area contributed by atoms with Crippen LogP contribution in [0.3, 0.4) is 0 Å². The molecule has 1 atom stereocenters. The first-order chi connectivity index (χ1) is 23.5. The van der Waals surface area contributed by atoms with Crippen molar-refractivity contribution in [2.24, 2.45) is 0 Å². The Hall–Kier alpha value is -1.69. The fourth-order valence-electron chi connectivity index (χ4n) is 6.50. The fraction of sp³-hybridized carbons (Fsp3) is 0.791. The second-order valence-corrected chi connectivity index (χ2v) is 14.2. The molecule has 1 aliphatic rings. The first kappa shape index (κ1) is 44.3. The van der Waals surface area contributed by atoms with Crippen molar-refractivity contribution in [2.75, 3.05) is 26.7 Å². The van der Waals surface area contributed by atoms with Gasteiger partial charge in [0.1, 0.15) is 0 Å². The Morgan fingerprint density at radius 1 is 0.625 bits per heavy atom. The summed E-state index contributed by atoms with van der Waals surface area (Å²) >= 11 is 0. The molecule has 278 valence electrons. The molecule has 0 bridgehead atoms. The summed E-state index contributed by atoms with van der Waals surface area (Å²) in [5.41, 5.74) is 0. The van der Waals surface area contributed by atoms with E-state index in [9.17, 15) is 4.79 Å². The number of carbonyl (C=O) groups is 1. The van der Waals surface area contributed by atoms with Gasteiger partial charge in [0.05, 0.1) is 19.3 Å². The second-order valence-electron chi connectivity index (χ2n) is 14.2. The monoisotopic (exact) mass is 672 g/mol. The van der Waals surface area contributed by atoms with Crippen molar-refractivity contribution in [3.8, 4) is 0 Å². The van der Waals surface area contributed by atoms with Gasteiger partial charge in [0.15, 0.2) is 5.79 Å². The van der Waals surface area contributed by atoms with Crippen LogP contribution in [0.15, 0.2) is 48.6 Å². The fourth-order valence-corrected chi connectivity index (χ4v) is 6.50. The minimum Gasteiger partial charge on any atom is -0.480 e. The van der Waals surface area contributed by atoms with E-state index in [1.165, 1.54) is 128 Å². The maximum atomic E-state index is 11.1. The summed E-state index contributed by atoms with van der Waals surface area (Å²) in [4.78, 5) is 13.0. The molecule has 0 spiro atoms. The summed E-state index contributed by atoms with van der Waals surface area (Å²) in [6, 6.07) is 0. The van der Waals surface area contributed by atoms with Crippen LogP contribution in [0.4, 0.5) is 0 Å². The van der Waals surface area contributed by atoms with Crippen LogP contribution >= 0.6 is 0 Å². The van der Waals surface area contributed by atoms with Crippen molar-refractivity contribution >= 4 is 5.97 Å². The maximum absolute atomic E-state index is 11.1. The highest BCUT2D eigenvalue weighted by atomic mass is 16.7. The first-order valence-electron chi connectivity index (χ1n) is 20.3. The van der Waals surface area contributed by atoms with Gasteiger partial charge in [-0.3, -0.25) is 9.69 Å². The van der Waals surface area contributed by atoms with Crippen LogP contribution in [0.2, 0.25) is 0 Å². The SMILES string of the molecule is CCCCC/C=C\C/C=C\CCCCCCCCC1(CCCCCCCC/C=C\C/C=C\CCCCC)OC[C@H](CN(C)CC(=O)O)O1. The van der Waals surface area contributed by atoms with Gasteiger partial charge in [-0.25, -0.2) is 0 Å². The standard InChI is InChI=1S/C43H77NO4/c1-4-6-8-10-12-14-16-18-20-22-24-26-28-30-32-34-36-43(47-40-41(48-43)38-44(3)39-42(45)46)37-35-33-31-29-27-25-23-21-19-17-15-13-11-9-7-5-2/h12-15,18-21,41H,4-11,16-17,22-40H2,1-3H3,(H,45,46)/b14-12-,15-13-,20-18-,21-19-/t41-/m0/s1. The van der Waals surface area contributed by atoms with Gasteiger partial charge in [-0.15, -0.1) is 0 Å². The first-order valence-corrected chi connectivity index (χ1v) is 20.3. The van der Waals surface area contributed by atoms with Crippen LogP contribution in [0.1, 0.15) is 181 Å². The zero-order chi connectivity index (χ0) is 34.8. The molecule has 0 aromatic carbocycles. The molecular weight excluding hydrogens is 594 g/mol. The Balaban J connectivity index is 2.24. The third-order valence-corrected chi connectivity index (χ3v) is 9.35. The molecule has 0 aliphatic carbocycles. The Labute approximate surface area is 297 Å². The van der Waals surface area contributed by atoms with E-state index in [1.807, 2.05) is 11.9 Å². The van der Waals surface area contributed by atoms with Crippen LogP contribution in [0, 0.1) is 0 Å². The highest BCUT2D eigenvalue weighted by Gasteiger charge is 2.40. The number of hydrogen-bond acceptors (Lipinski definition) is 4. The number of aliphatic carboxylic acids is 1. The van der Waals surface area contributed by atoms with E-state index in [2.05, 4.69) is 62.5 Å². The summed E-state index contributed by atoms with van der Waals surface area (Å²) in [5, 5.41) is 9.15. The normalized spacial score (nSPS) is 16.6. The number of carboxylic acids is 1. The molecule has 5 nitrogen and oxygen atoms in total. The summed E-state index contributed by atoms with van der Waals surface area (Å²) in [7, 11) is 1.85. The third kappa shape index (κ3) is 27.2. The lowest BCUT2D eigenvalue weighted by Crippen LogP contribution is -2.36. The molecule has 1 aliphatic heterocycles. The predicted molar refractivity (Wildman–Crippen MR) is 207 cm³/mol. The molecule has 1 rings (SSSR count). The molecule has 0 unspecified atom stereocenters. The average molecular weight is 672 g/mol. The average Bonchev–Trinajstić information content (AvgIpc) is 3.46. The number of likely N-dealkylation sites (N-methyl/N-ethyl adjacent to an activating group) is 1. The lowest BCUT2D eigenvalue weighted by atomic mass is 9.98. The topological polar surface area (TPSA) is 59.0 Å². The largest absolute Gasteiger partial charge is 0.480 e. The number of nitrogens with zero attached hydrogens (tertiary/aromatic N) is 1. The van der Waals surface area contributed by atoms with Crippen LogP contribution in [0.25, 0.3) is 0 Å². The molecule has 1 N–H and O–H groups in total. The molecule has 1 saturated heterocycles. The lowest BCUT2D eigenvalue weighted by molar-refractivity contribution is -0.180. The van der Waals surface area contributed by atoms with Gasteiger partial charge < -0.3 is 14.6 Å². The number of hydrogen-bond donors (Lipinski definition) is 1. The smallest absolute Gasteiger partial charge is 0.317 e. The van der Waals surface area contributed by atoms with Gasteiger partial charge in [0.2, 0.25) is 0 Å². The number of allylic oxidation sites excluding steroid dienone is 8. The summed E-state index contributed by atoms with van der Waals surface area (Å²) in [6.07, 6.45) is 50.4. The minimum atomic E-state index is -0.801. The van der Waals surface area contributed by atoms with E-state index in [0.29, 0.717) is 13.2 Å². The van der Waals surface area contributed by atoms with E-state index < -0.39 is 11.8 Å². The molecule has 0 saturated carbocycles. The van der Waals surface area contributed by atoms with Crippen molar-refractivity contribution in [1.82, 2.24) is 4.90 Å². The molecule has 1 heterocycles. The number of rotatable bonds is 34. The zero-order valence-electron chi connectivity index (χ0n) is 31.8. The van der Waals surface area contributed by atoms with Gasteiger partial charge >= 0.3 is 5.97 Å². The van der Waals surface area contributed by atoms with Gasteiger partial charge in [0.25, 0.3) is 0 Å². The van der Waals surface area contributed by atoms with Crippen LogP contribution < -0.4 is 0 Å². The Bertz CT molecular complexity index is 800. The van der Waals surface area contributed by atoms with Crippen molar-refractivity contribution < 1.29 is 19.4 Å². The lowest BCUT2D eigenvalue weighted by Gasteiger charge is -2.29. The van der Waals surface area contributed by atoms with E-state index >= 15 is 0 Å². The molecule has 0 aromatic heterocycles. The number of carboxylic acid groups (broad SMARTS) is 1. The molecule has 0 radical (unpaired) electrons. The van der Waals surface area contributed by atoms with Crippen LogP contribution in [-0.4, -0.2) is 54.6 Å². The van der Waals surface area contributed by atoms with Crippen molar-refractivity contribution in [3.63, 3.8) is 0 Å². The van der Waals surface area contributed by atoms with Crippen molar-refractivity contribution in [2.45, 2.75) is 193 Å². The minimum absolute atomic E-state index is 0.0325. The maximum Gasteiger partial charge on any atom is 0.317 e. The van der Waals surface area contributed by atoms with Crippen molar-refractivity contribution in [1.29, 1.82) is 0 Å². The predicted octanol–water partition coefficient (Wildman–Crippen LogP) is 12.5. The van der Waals surface area contributed by atoms with Gasteiger partial charge in [-0.05, 0) is 84.1 Å². The van der Waals surface area contributed by atoms with Gasteiger partial charge in [0, 0.05) is 19.4 Å². The van der Waals surface area contributed by atoms with Crippen LogP contribution in [-0.2, 0) is 14.3 Å². The second kappa shape index (κ2) is 32.5. The van der Waals surface area contributed by atoms with E-state index in [0.717, 1.165) is 38.5 Å². The number of unbranched alkanes of at least 4 members (excludes halogenated alkanes) is 18. The molecule has 0 aromatic rings. The van der Waals surface area contributed by atoms with E-state index in [1.54, 1.807) is 0 Å². The Morgan fingerprint density at radius 2 is 1.02 bits per heavy atom. The van der Waals surface area contributed by atoms with Gasteiger partial charge in [-0.2, -0.15) is 0 Å². The van der Waals surface area contributed by atoms with Crippen LogP contribution in [0.5, 0.6) is 0 Å². The van der Waals surface area contributed by atoms with E-state index in [4.69, 9.17) is 14.6 Å². The molecule has 48 heavy (non-hydrogen) atoms. The zero-order valence-corrected chi connectivity index (χ0v) is 31.8. The molecular formula is C43H77NO4. The quantitative estimate of drug-likeness (QED) is 0.0545. The van der Waals surface area contributed by atoms with Crippen molar-refractivity contribution in [3.05, 3.63) is 48.6 Å². The Kier molecular flexibility index (Phi) is 30.0. The molecule has 1 fully saturated rings. The Morgan fingerprint density at radius 3 is 1.44 bits per heavy atom. The highest BCUT2D eigenvalue weighted by Crippen LogP contribution is 2.35. The summed E-state index contributed by atoms with van der Waals surface area (Å²) in [6.45, 7) is 5.71. The van der Waals surface area contributed by atoms with E-state index in [-0.39, 0.29) is 12.6 Å².